The molecule has 3 amide bonds. The number of amides is 3. The normalized spacial score (nSPS) is 13.6. The Morgan fingerprint density at radius 1 is 0.900 bits per heavy atom. The maximum atomic E-state index is 14.5. The standard InChI is InChI=1S/C26H24Cl2F5N3O4/c1-14(2)20(22(38)26(32,33)24(40)34-13-25(29,30)31)36-23(39)21(16-7-9-17(27)10-8-16)35-19(37)11-6-15-4-3-5-18(28)12-15/h3-12,14,20-21H,13H2,1-2H3,(H,34,40)(H,35,37)(H,36,39)/b11-6+. The third kappa shape index (κ3) is 9.60. The topological polar surface area (TPSA) is 104 Å². The number of carbonyl (C=O) groups excluding carboxylic acids is 4. The third-order valence-corrected chi connectivity index (χ3v) is 5.81. The monoisotopic (exact) mass is 607 g/mol. The van der Waals surface area contributed by atoms with E-state index in [4.69, 9.17) is 23.2 Å². The second-order valence-corrected chi connectivity index (χ2v) is 9.72. The number of carbonyl (C=O) groups is 4. The van der Waals surface area contributed by atoms with Crippen LogP contribution < -0.4 is 16.0 Å². The van der Waals surface area contributed by atoms with E-state index < -0.39 is 60.1 Å². The molecule has 0 aromatic heterocycles. The molecule has 2 aromatic rings. The van der Waals surface area contributed by atoms with Gasteiger partial charge in [-0.1, -0.05) is 61.3 Å². The highest BCUT2D eigenvalue weighted by atomic mass is 35.5. The molecule has 0 bridgehead atoms. The quantitative estimate of drug-likeness (QED) is 0.192. The summed E-state index contributed by atoms with van der Waals surface area (Å²) in [7, 11) is 0. The van der Waals surface area contributed by atoms with Gasteiger partial charge < -0.3 is 16.0 Å². The number of hydrogen-bond donors (Lipinski definition) is 3. The maximum absolute atomic E-state index is 14.5. The van der Waals surface area contributed by atoms with Gasteiger partial charge >= 0.3 is 12.1 Å². The fraction of sp³-hybridized carbons (Fsp3) is 0.308. The lowest BCUT2D eigenvalue weighted by atomic mass is 9.94. The van der Waals surface area contributed by atoms with Crippen LogP contribution in [0.3, 0.4) is 0 Å². The Hall–Kier alpha value is -3.51. The molecular formula is C26H24Cl2F5N3O4. The van der Waals surface area contributed by atoms with Gasteiger partial charge in [-0.05, 0) is 47.4 Å². The molecule has 40 heavy (non-hydrogen) atoms. The van der Waals surface area contributed by atoms with Crippen LogP contribution in [0, 0.1) is 5.92 Å². The summed E-state index contributed by atoms with van der Waals surface area (Å²) in [4.78, 5) is 50.2. The molecule has 2 unspecified atom stereocenters. The smallest absolute Gasteiger partial charge is 0.344 e. The van der Waals surface area contributed by atoms with Crippen molar-refractivity contribution in [2.45, 2.75) is 38.0 Å². The lowest BCUT2D eigenvalue weighted by Gasteiger charge is -2.27. The van der Waals surface area contributed by atoms with E-state index in [2.05, 4.69) is 10.6 Å². The van der Waals surface area contributed by atoms with Crippen molar-refractivity contribution in [3.8, 4) is 0 Å². The Bertz CT molecular complexity index is 1270. The molecule has 14 heteroatoms. The summed E-state index contributed by atoms with van der Waals surface area (Å²) >= 11 is 11.8. The predicted molar refractivity (Wildman–Crippen MR) is 139 cm³/mol. The van der Waals surface area contributed by atoms with Crippen LogP contribution in [0.4, 0.5) is 22.0 Å². The number of halogens is 7. The van der Waals surface area contributed by atoms with E-state index in [0.717, 1.165) is 11.4 Å². The molecular weight excluding hydrogens is 584 g/mol. The zero-order valence-electron chi connectivity index (χ0n) is 21.0. The highest BCUT2D eigenvalue weighted by molar-refractivity contribution is 6.31. The van der Waals surface area contributed by atoms with Crippen molar-refractivity contribution in [3.05, 3.63) is 75.8 Å². The minimum absolute atomic E-state index is 0.163. The second kappa shape index (κ2) is 13.7. The first-order valence-corrected chi connectivity index (χ1v) is 12.3. The van der Waals surface area contributed by atoms with Crippen LogP contribution in [0.5, 0.6) is 0 Å². The Morgan fingerprint density at radius 3 is 2.08 bits per heavy atom. The molecule has 2 aromatic carbocycles. The van der Waals surface area contributed by atoms with Gasteiger partial charge in [0.25, 0.3) is 5.91 Å². The molecule has 0 aliphatic heterocycles. The van der Waals surface area contributed by atoms with Gasteiger partial charge in [-0.3, -0.25) is 19.2 Å². The molecule has 2 rings (SSSR count). The van der Waals surface area contributed by atoms with Crippen molar-refractivity contribution in [2.24, 2.45) is 5.92 Å². The van der Waals surface area contributed by atoms with Gasteiger partial charge in [0.05, 0.1) is 6.04 Å². The van der Waals surface area contributed by atoms with Crippen LogP contribution in [0.15, 0.2) is 54.6 Å². The summed E-state index contributed by atoms with van der Waals surface area (Å²) in [5, 5.41) is 6.16. The molecule has 0 saturated heterocycles. The number of Topliss-reactive ketones (excluding diaryl/α,β-unsaturated/α-hetero) is 1. The Labute approximate surface area is 236 Å². The number of hydrogen-bond acceptors (Lipinski definition) is 4. The molecule has 0 aliphatic carbocycles. The summed E-state index contributed by atoms with van der Waals surface area (Å²) in [5.41, 5.74) is 0.725. The molecule has 2 atom stereocenters. The van der Waals surface area contributed by atoms with Gasteiger partial charge in [-0.2, -0.15) is 22.0 Å². The number of alkyl halides is 5. The molecule has 0 heterocycles. The predicted octanol–water partition coefficient (Wildman–Crippen LogP) is 4.89. The SMILES string of the molecule is CC(C)C(NC(=O)C(NC(=O)/C=C/c1cccc(Cl)c1)c1ccc(Cl)cc1)C(=O)C(F)(F)C(=O)NCC(F)(F)F. The average molecular weight is 608 g/mol. The molecule has 0 aliphatic rings. The van der Waals surface area contributed by atoms with Gasteiger partial charge in [0.1, 0.15) is 12.6 Å². The molecule has 216 valence electrons. The van der Waals surface area contributed by atoms with E-state index in [1.54, 1.807) is 24.3 Å². The molecule has 0 radical (unpaired) electrons. The van der Waals surface area contributed by atoms with Crippen LogP contribution in [0.2, 0.25) is 10.0 Å². The number of benzene rings is 2. The second-order valence-electron chi connectivity index (χ2n) is 8.85. The lowest BCUT2D eigenvalue weighted by molar-refractivity contribution is -0.165. The summed E-state index contributed by atoms with van der Waals surface area (Å²) in [6, 6.07) is 8.51. The molecule has 0 spiro atoms. The lowest BCUT2D eigenvalue weighted by Crippen LogP contribution is -2.58. The van der Waals surface area contributed by atoms with E-state index in [9.17, 15) is 41.1 Å². The van der Waals surface area contributed by atoms with Crippen molar-refractivity contribution in [1.82, 2.24) is 16.0 Å². The minimum atomic E-state index is -4.99. The fourth-order valence-corrected chi connectivity index (χ4v) is 3.62. The largest absolute Gasteiger partial charge is 0.405 e. The van der Waals surface area contributed by atoms with Crippen molar-refractivity contribution in [2.75, 3.05) is 6.54 Å². The van der Waals surface area contributed by atoms with Crippen LogP contribution in [0.25, 0.3) is 6.08 Å². The summed E-state index contributed by atoms with van der Waals surface area (Å²) in [5.74, 6) is -12.4. The first kappa shape index (κ1) is 32.7. The van der Waals surface area contributed by atoms with Gasteiger partial charge in [0.2, 0.25) is 17.6 Å². The number of ketones is 1. The first-order valence-electron chi connectivity index (χ1n) is 11.6. The van der Waals surface area contributed by atoms with E-state index in [-0.39, 0.29) is 10.6 Å². The van der Waals surface area contributed by atoms with Crippen molar-refractivity contribution in [1.29, 1.82) is 0 Å². The zero-order chi connectivity index (χ0) is 30.3. The Balaban J connectivity index is 2.29. The number of nitrogens with one attached hydrogen (secondary N) is 3. The first-order chi connectivity index (χ1) is 18.5. The maximum Gasteiger partial charge on any atom is 0.405 e. The van der Waals surface area contributed by atoms with Gasteiger partial charge in [-0.25, -0.2) is 0 Å². The minimum Gasteiger partial charge on any atom is -0.344 e. The highest BCUT2D eigenvalue weighted by Crippen LogP contribution is 2.23. The van der Waals surface area contributed by atoms with Crippen LogP contribution >= 0.6 is 23.2 Å². The van der Waals surface area contributed by atoms with Gasteiger partial charge in [0, 0.05) is 16.1 Å². The summed E-state index contributed by atoms with van der Waals surface area (Å²) < 4.78 is 66.1. The molecule has 0 saturated carbocycles. The van der Waals surface area contributed by atoms with Crippen LogP contribution in [-0.2, 0) is 19.2 Å². The summed E-state index contributed by atoms with van der Waals surface area (Å²) in [6.45, 7) is 0.465. The van der Waals surface area contributed by atoms with Crippen LogP contribution in [0.1, 0.15) is 31.0 Å². The molecule has 3 N–H and O–H groups in total. The van der Waals surface area contributed by atoms with Gasteiger partial charge in [-0.15, -0.1) is 0 Å². The highest BCUT2D eigenvalue weighted by Gasteiger charge is 2.52. The average Bonchev–Trinajstić information content (AvgIpc) is 2.87. The zero-order valence-corrected chi connectivity index (χ0v) is 22.5. The van der Waals surface area contributed by atoms with Gasteiger partial charge in [0.15, 0.2) is 0 Å². The van der Waals surface area contributed by atoms with Crippen molar-refractivity contribution in [3.63, 3.8) is 0 Å². The Kier molecular flexibility index (Phi) is 11.2. The van der Waals surface area contributed by atoms with E-state index in [1.807, 2.05) is 0 Å². The van der Waals surface area contributed by atoms with E-state index in [1.165, 1.54) is 44.2 Å². The Morgan fingerprint density at radius 2 is 1.52 bits per heavy atom. The van der Waals surface area contributed by atoms with Crippen LogP contribution in [-0.4, -0.2) is 48.2 Å². The van der Waals surface area contributed by atoms with Crippen molar-refractivity contribution < 1.29 is 41.1 Å². The summed E-state index contributed by atoms with van der Waals surface area (Å²) in [6.07, 6.45) is -2.50. The number of rotatable bonds is 11. The molecule has 7 nitrogen and oxygen atoms in total. The third-order valence-electron chi connectivity index (χ3n) is 5.32. The van der Waals surface area contributed by atoms with Crippen molar-refractivity contribution >= 4 is 52.8 Å². The fourth-order valence-electron chi connectivity index (χ4n) is 3.30. The van der Waals surface area contributed by atoms with E-state index in [0.29, 0.717) is 10.6 Å². The van der Waals surface area contributed by atoms with E-state index >= 15 is 0 Å². The molecule has 0 fully saturated rings.